The summed E-state index contributed by atoms with van der Waals surface area (Å²) in [6.07, 6.45) is 21.7. The highest BCUT2D eigenvalue weighted by Crippen LogP contribution is 2.55. The predicted octanol–water partition coefficient (Wildman–Crippen LogP) is 15.9. The summed E-state index contributed by atoms with van der Waals surface area (Å²) in [7, 11) is 0. The fourth-order valence-corrected chi connectivity index (χ4v) is 11.0. The normalized spacial score (nSPS) is 14.1. The van der Waals surface area contributed by atoms with Gasteiger partial charge < -0.3 is 18.9 Å². The minimum absolute atomic E-state index is 0.697. The molecule has 340 valence electrons. The van der Waals surface area contributed by atoms with Crippen LogP contribution >= 0.6 is 0 Å². The fourth-order valence-electron chi connectivity index (χ4n) is 11.0. The van der Waals surface area contributed by atoms with Gasteiger partial charge in [-0.15, -0.1) is 0 Å². The van der Waals surface area contributed by atoms with Crippen LogP contribution in [0.15, 0.2) is 237 Å². The van der Waals surface area contributed by atoms with Crippen LogP contribution in [-0.2, 0) is 6.42 Å². The third kappa shape index (κ3) is 7.04. The molecule has 0 fully saturated rings. The molecule has 12 rings (SSSR count). The molecule has 0 atom stereocenters. The first kappa shape index (κ1) is 43.1. The van der Waals surface area contributed by atoms with Gasteiger partial charge in [-0.25, -0.2) is 0 Å². The molecule has 10 aromatic rings. The van der Waals surface area contributed by atoms with Crippen molar-refractivity contribution in [3.8, 4) is 45.0 Å². The van der Waals surface area contributed by atoms with Gasteiger partial charge in [0, 0.05) is 72.8 Å². The summed E-state index contributed by atoms with van der Waals surface area (Å²) < 4.78 is 4.91. The minimum atomic E-state index is 0.697. The van der Waals surface area contributed by atoms with E-state index in [1.54, 1.807) is 0 Å². The summed E-state index contributed by atoms with van der Waals surface area (Å²) in [4.78, 5) is 9.84. The molecule has 0 saturated heterocycles. The lowest BCUT2D eigenvalue weighted by atomic mass is 9.98. The van der Waals surface area contributed by atoms with Gasteiger partial charge in [-0.2, -0.15) is 0 Å². The quantitative estimate of drug-likeness (QED) is 0.142. The maximum Gasteiger partial charge on any atom is 0.0703 e. The van der Waals surface area contributed by atoms with Crippen LogP contribution in [0.5, 0.6) is 0 Å². The summed E-state index contributed by atoms with van der Waals surface area (Å²) in [5, 5.41) is 4.56. The molecule has 2 aliphatic rings. The highest BCUT2D eigenvalue weighted by molar-refractivity contribution is 6.13. The Bertz CT molecular complexity index is 3970. The SMILES string of the molecule is C=C/C=c1\c(=C/C)c2ccc3c(c2n1-c1cc(-c2ccccn2)cc(N2c4ccccc4-c4c(n(-c5ccccc5)c5ccccc45)-c4ccccc42)c1)C/C=C\c1ccccc1N3/C(C=C)=C/C=C\C. The van der Waals surface area contributed by atoms with E-state index in [4.69, 9.17) is 4.98 Å². The zero-order chi connectivity index (χ0) is 48.0. The Labute approximate surface area is 414 Å². The maximum absolute atomic E-state index is 5.00. The number of rotatable bonds is 8. The van der Waals surface area contributed by atoms with Gasteiger partial charge in [-0.3, -0.25) is 4.98 Å². The zero-order valence-corrected chi connectivity index (χ0v) is 39.9. The van der Waals surface area contributed by atoms with Gasteiger partial charge in [-0.05, 0) is 117 Å². The Morgan fingerprint density at radius 1 is 0.620 bits per heavy atom. The summed E-state index contributed by atoms with van der Waals surface area (Å²) in [6, 6.07) is 63.7. The third-order valence-electron chi connectivity index (χ3n) is 13.9. The number of pyridine rings is 1. The van der Waals surface area contributed by atoms with Gasteiger partial charge in [0.1, 0.15) is 0 Å². The van der Waals surface area contributed by atoms with Crippen LogP contribution in [0.1, 0.15) is 25.0 Å². The fraction of sp³-hybridized carbons (Fsp3) is 0.0455. The van der Waals surface area contributed by atoms with Gasteiger partial charge in [0.05, 0.1) is 50.5 Å². The lowest BCUT2D eigenvalue weighted by Gasteiger charge is -2.31. The number of hydrogen-bond acceptors (Lipinski definition) is 3. The summed E-state index contributed by atoms with van der Waals surface area (Å²) in [5.41, 5.74) is 19.6. The molecule has 7 aromatic carbocycles. The second-order valence-corrected chi connectivity index (χ2v) is 17.8. The summed E-state index contributed by atoms with van der Waals surface area (Å²) in [5.74, 6) is 0. The van der Waals surface area contributed by atoms with Gasteiger partial charge in [-0.1, -0.05) is 153 Å². The molecule has 0 amide bonds. The number of aromatic nitrogens is 3. The second-order valence-electron chi connectivity index (χ2n) is 17.8. The molecule has 2 aliphatic heterocycles. The number of nitrogens with zero attached hydrogens (tertiary/aromatic N) is 5. The number of hydrogen-bond donors (Lipinski definition) is 0. The van der Waals surface area contributed by atoms with Crippen molar-refractivity contribution in [1.82, 2.24) is 14.1 Å². The molecule has 71 heavy (non-hydrogen) atoms. The minimum Gasteiger partial charge on any atom is -0.310 e. The van der Waals surface area contributed by atoms with E-state index in [-0.39, 0.29) is 0 Å². The van der Waals surface area contributed by atoms with E-state index < -0.39 is 0 Å². The average molecular weight is 914 g/mol. The van der Waals surface area contributed by atoms with Gasteiger partial charge in [0.15, 0.2) is 0 Å². The first-order valence-corrected chi connectivity index (χ1v) is 24.3. The molecule has 3 aromatic heterocycles. The zero-order valence-electron chi connectivity index (χ0n) is 39.9. The Kier molecular flexibility index (Phi) is 11.0. The topological polar surface area (TPSA) is 29.2 Å². The van der Waals surface area contributed by atoms with Gasteiger partial charge >= 0.3 is 0 Å². The van der Waals surface area contributed by atoms with E-state index in [9.17, 15) is 0 Å². The van der Waals surface area contributed by atoms with Crippen LogP contribution in [0, 0.1) is 0 Å². The van der Waals surface area contributed by atoms with Crippen LogP contribution in [0.2, 0.25) is 0 Å². The standard InChI is InChI=1S/C66H51N5/c1-5-9-27-47(7-3)68-58-35-17-13-25-45(58)26-23-33-55-63(68)40-39-52-51(8-4)59(24-6-2)71(65(52)55)50-43-46(57-34-21-22-41-67-57)42-49(44-50)69-60-36-18-14-30-53(60)64-54-31-15-19-37-61(54)70(48-28-11-10-12-29-48)66(64)56-32-16-20-38-62(56)69/h5-32,34-44H,2-3,33H2,1,4H3/b9-5-,26-23-,47-27+,51-8-,59-24+. The van der Waals surface area contributed by atoms with Crippen LogP contribution in [0.25, 0.3) is 85.1 Å². The van der Waals surface area contributed by atoms with Crippen molar-refractivity contribution in [2.24, 2.45) is 0 Å². The number of anilines is 5. The Morgan fingerprint density at radius 3 is 2.11 bits per heavy atom. The van der Waals surface area contributed by atoms with Gasteiger partial charge in [0.2, 0.25) is 0 Å². The van der Waals surface area contributed by atoms with Crippen LogP contribution in [-0.4, -0.2) is 14.1 Å². The average Bonchev–Trinajstić information content (AvgIpc) is 3.89. The Hall–Kier alpha value is -9.19. The van der Waals surface area contributed by atoms with Crippen LogP contribution in [0.4, 0.5) is 28.4 Å². The molecule has 5 heterocycles. The summed E-state index contributed by atoms with van der Waals surface area (Å²) >= 11 is 0. The second kappa shape index (κ2) is 18.0. The molecule has 0 N–H and O–H groups in total. The molecule has 0 spiro atoms. The highest BCUT2D eigenvalue weighted by Gasteiger charge is 2.32. The Morgan fingerprint density at radius 2 is 1.34 bits per heavy atom. The number of benzene rings is 7. The molecule has 5 nitrogen and oxygen atoms in total. The van der Waals surface area contributed by atoms with E-state index in [1.165, 1.54) is 22.0 Å². The number of para-hydroxylation sites is 5. The number of allylic oxidation sites excluding steroid dienone is 6. The summed E-state index contributed by atoms with van der Waals surface area (Å²) in [6.45, 7) is 12.8. The van der Waals surface area contributed by atoms with E-state index in [0.717, 1.165) is 101 Å². The van der Waals surface area contributed by atoms with Crippen molar-refractivity contribution in [3.05, 3.63) is 259 Å². The molecular weight excluding hydrogens is 863 g/mol. The maximum atomic E-state index is 5.00. The monoisotopic (exact) mass is 913 g/mol. The smallest absolute Gasteiger partial charge is 0.0703 e. The van der Waals surface area contributed by atoms with Crippen molar-refractivity contribution in [1.29, 1.82) is 0 Å². The first-order valence-electron chi connectivity index (χ1n) is 24.3. The van der Waals surface area contributed by atoms with Crippen LogP contribution < -0.4 is 20.4 Å². The van der Waals surface area contributed by atoms with Crippen molar-refractivity contribution >= 4 is 68.5 Å². The number of fused-ring (bicyclic) bond motifs is 11. The largest absolute Gasteiger partial charge is 0.310 e. The van der Waals surface area contributed by atoms with Crippen molar-refractivity contribution in [3.63, 3.8) is 0 Å². The highest BCUT2D eigenvalue weighted by atomic mass is 15.2. The first-order chi connectivity index (χ1) is 35.1. The molecule has 0 saturated carbocycles. The van der Waals surface area contributed by atoms with E-state index in [1.807, 2.05) is 31.3 Å². The van der Waals surface area contributed by atoms with Crippen molar-refractivity contribution in [2.75, 3.05) is 9.80 Å². The lowest BCUT2D eigenvalue weighted by Crippen LogP contribution is -2.28. The molecule has 0 bridgehead atoms. The van der Waals surface area contributed by atoms with E-state index in [0.29, 0.717) is 6.42 Å². The molecule has 0 unspecified atom stereocenters. The Balaban J connectivity index is 1.19. The lowest BCUT2D eigenvalue weighted by molar-refractivity contribution is 1.05. The van der Waals surface area contributed by atoms with Crippen molar-refractivity contribution in [2.45, 2.75) is 20.3 Å². The predicted molar refractivity (Wildman–Crippen MR) is 301 cm³/mol. The van der Waals surface area contributed by atoms with E-state index in [2.05, 4.69) is 251 Å². The molecule has 0 aliphatic carbocycles. The third-order valence-corrected chi connectivity index (χ3v) is 13.9. The molecular formula is C66H51N5. The van der Waals surface area contributed by atoms with Crippen molar-refractivity contribution < 1.29 is 0 Å². The van der Waals surface area contributed by atoms with Crippen LogP contribution in [0.3, 0.4) is 0 Å². The van der Waals surface area contributed by atoms with E-state index >= 15 is 0 Å². The van der Waals surface area contributed by atoms with Gasteiger partial charge in [0.25, 0.3) is 0 Å². The molecule has 0 radical (unpaired) electrons. The molecule has 5 heteroatoms.